The van der Waals surface area contributed by atoms with Crippen LogP contribution in [0.25, 0.3) is 0 Å². The van der Waals surface area contributed by atoms with E-state index in [0.29, 0.717) is 17.4 Å². The van der Waals surface area contributed by atoms with Crippen molar-refractivity contribution < 1.29 is 24.2 Å². The van der Waals surface area contributed by atoms with Gasteiger partial charge in [0.15, 0.2) is 0 Å². The fourth-order valence-corrected chi connectivity index (χ4v) is 5.33. The molecule has 1 aromatic carbocycles. The van der Waals surface area contributed by atoms with Crippen molar-refractivity contribution in [1.29, 1.82) is 0 Å². The fraction of sp³-hybridized carbons (Fsp3) is 0.636. The number of ether oxygens (including phenoxy) is 2. The monoisotopic (exact) mass is 526 g/mol. The number of hydrogen-bond donors (Lipinski definition) is 1. The predicted molar refractivity (Wildman–Crippen MR) is 154 cm³/mol. The lowest BCUT2D eigenvalue weighted by molar-refractivity contribution is -0.149. The molecular weight excluding hydrogens is 476 g/mol. The highest BCUT2D eigenvalue weighted by molar-refractivity contribution is 5.88. The highest BCUT2D eigenvalue weighted by Crippen LogP contribution is 2.40. The maximum absolute atomic E-state index is 12.1. The number of rotatable bonds is 16. The molecule has 5 heteroatoms. The third-order valence-electron chi connectivity index (χ3n) is 8.07. The van der Waals surface area contributed by atoms with Crippen LogP contribution in [-0.4, -0.2) is 36.9 Å². The van der Waals surface area contributed by atoms with Crippen LogP contribution in [0.15, 0.2) is 42.5 Å². The lowest BCUT2D eigenvalue weighted by Gasteiger charge is -2.33. The minimum atomic E-state index is -0.617. The molecule has 0 aliphatic heterocycles. The maximum atomic E-state index is 12.1. The van der Waals surface area contributed by atoms with Crippen LogP contribution < -0.4 is 0 Å². The second-order valence-corrected chi connectivity index (χ2v) is 11.6. The Bertz CT molecular complexity index is 941. The van der Waals surface area contributed by atoms with Crippen LogP contribution in [0.1, 0.15) is 108 Å². The first-order valence-electron chi connectivity index (χ1n) is 14.5. The normalized spacial score (nSPS) is 18.9. The van der Waals surface area contributed by atoms with Crippen LogP contribution in [0.3, 0.4) is 0 Å². The van der Waals surface area contributed by atoms with Gasteiger partial charge in [-0.2, -0.15) is 0 Å². The van der Waals surface area contributed by atoms with Gasteiger partial charge in [-0.05, 0) is 93.2 Å². The molecule has 0 amide bonds. The fourth-order valence-electron chi connectivity index (χ4n) is 5.33. The Hall–Kier alpha value is -2.40. The van der Waals surface area contributed by atoms with Gasteiger partial charge in [0.2, 0.25) is 0 Å². The van der Waals surface area contributed by atoms with Crippen LogP contribution >= 0.6 is 0 Å². The molecule has 1 aromatic rings. The number of unbranched alkanes of at least 4 members (excludes halogenated alkanes) is 2. The zero-order valence-corrected chi connectivity index (χ0v) is 24.3. The van der Waals surface area contributed by atoms with Crippen molar-refractivity contribution in [3.05, 3.63) is 59.2 Å². The van der Waals surface area contributed by atoms with Gasteiger partial charge in [0.05, 0.1) is 12.2 Å². The molecule has 0 radical (unpaired) electrons. The summed E-state index contributed by atoms with van der Waals surface area (Å²) in [4.78, 5) is 24.1. The third-order valence-corrected chi connectivity index (χ3v) is 8.07. The van der Waals surface area contributed by atoms with E-state index in [1.807, 2.05) is 6.92 Å². The van der Waals surface area contributed by atoms with E-state index in [9.17, 15) is 9.59 Å². The Morgan fingerprint density at radius 1 is 1.00 bits per heavy atom. The van der Waals surface area contributed by atoms with Gasteiger partial charge in [-0.25, -0.2) is 9.59 Å². The lowest BCUT2D eigenvalue weighted by atomic mass is 9.74. The molecule has 1 atom stereocenters. The first kappa shape index (κ1) is 31.8. The topological polar surface area (TPSA) is 72.8 Å². The minimum Gasteiger partial charge on any atom is -0.462 e. The minimum absolute atomic E-state index is 0.0184. The van der Waals surface area contributed by atoms with E-state index < -0.39 is 24.0 Å². The molecule has 5 nitrogen and oxygen atoms in total. The van der Waals surface area contributed by atoms with Crippen molar-refractivity contribution in [3.63, 3.8) is 0 Å². The molecule has 38 heavy (non-hydrogen) atoms. The van der Waals surface area contributed by atoms with Crippen LogP contribution in [0.5, 0.6) is 0 Å². The molecule has 0 bridgehead atoms. The van der Waals surface area contributed by atoms with E-state index in [0.717, 1.165) is 19.3 Å². The summed E-state index contributed by atoms with van der Waals surface area (Å²) in [5.74, 6) is 0.165. The number of aliphatic hydroxyl groups is 1. The smallest absolute Gasteiger partial charge is 0.335 e. The summed E-state index contributed by atoms with van der Waals surface area (Å²) in [7, 11) is 0. The molecule has 0 heterocycles. The van der Waals surface area contributed by atoms with Crippen molar-refractivity contribution in [2.24, 2.45) is 11.3 Å². The third kappa shape index (κ3) is 10.1. The van der Waals surface area contributed by atoms with Crippen LogP contribution in [0, 0.1) is 11.3 Å². The summed E-state index contributed by atoms with van der Waals surface area (Å²) in [5.41, 5.74) is 4.37. The molecule has 0 aromatic heterocycles. The van der Waals surface area contributed by atoms with E-state index in [4.69, 9.17) is 14.6 Å². The van der Waals surface area contributed by atoms with Crippen LogP contribution in [0.2, 0.25) is 0 Å². The number of carbonyl (C=O) groups is 2. The van der Waals surface area contributed by atoms with Crippen LogP contribution in [0.4, 0.5) is 0 Å². The largest absolute Gasteiger partial charge is 0.462 e. The molecule has 1 N–H and O–H groups in total. The van der Waals surface area contributed by atoms with E-state index in [2.05, 4.69) is 45.2 Å². The first-order chi connectivity index (χ1) is 18.1. The average Bonchev–Trinajstić information content (AvgIpc) is 2.93. The number of hydrogen-bond acceptors (Lipinski definition) is 5. The zero-order chi connectivity index (χ0) is 28.1. The van der Waals surface area contributed by atoms with E-state index in [1.165, 1.54) is 68.1 Å². The molecular formula is C33H50O5. The van der Waals surface area contributed by atoms with Crippen molar-refractivity contribution in [1.82, 2.24) is 0 Å². The highest BCUT2D eigenvalue weighted by Gasteiger charge is 2.31. The number of carbonyl (C=O) groups excluding carboxylic acids is 2. The second kappa shape index (κ2) is 15.9. The van der Waals surface area contributed by atoms with E-state index >= 15 is 0 Å². The first-order valence-corrected chi connectivity index (χ1v) is 14.5. The molecule has 0 saturated heterocycles. The Labute approximate surface area is 230 Å². The summed E-state index contributed by atoms with van der Waals surface area (Å²) in [6, 6.07) is 7.21. The Morgan fingerprint density at radius 2 is 1.66 bits per heavy atom. The summed E-state index contributed by atoms with van der Waals surface area (Å²) in [6.45, 7) is 15.1. The molecule has 2 rings (SSSR count). The standard InChI is InChI=1S/C33H50O5/c1-7-9-10-11-28-16-17-30(20-27(28)8-2)29-14-12-26(13-15-29)18-19-33(6,22-37-31(35)24(3)4)23-38-32(36)25(5)21-34/h16-17,20,26,29,34H,3,5,7-15,18-19,21-23H2,1-2,4,6H3. The van der Waals surface area contributed by atoms with E-state index in [-0.39, 0.29) is 18.8 Å². The Balaban J connectivity index is 1.94. The van der Waals surface area contributed by atoms with Crippen molar-refractivity contribution >= 4 is 11.9 Å². The average molecular weight is 527 g/mol. The summed E-state index contributed by atoms with van der Waals surface area (Å²) in [5, 5.41) is 9.16. The van der Waals surface area contributed by atoms with E-state index in [1.54, 1.807) is 6.92 Å². The van der Waals surface area contributed by atoms with Gasteiger partial charge in [-0.15, -0.1) is 0 Å². The molecule has 0 spiro atoms. The SMILES string of the molecule is C=C(C)C(=O)OCC(C)(CCC1CCC(c2ccc(CCCCC)c(CC)c2)CC1)COC(=O)C(=C)CO. The summed E-state index contributed by atoms with van der Waals surface area (Å²) in [6.07, 6.45) is 12.6. The van der Waals surface area contributed by atoms with Gasteiger partial charge in [0.25, 0.3) is 0 Å². The molecule has 1 aliphatic carbocycles. The Kier molecular flexibility index (Phi) is 13.3. The number of benzene rings is 1. The zero-order valence-electron chi connectivity index (χ0n) is 24.3. The van der Waals surface area contributed by atoms with Crippen molar-refractivity contribution in [2.75, 3.05) is 19.8 Å². The lowest BCUT2D eigenvalue weighted by Crippen LogP contribution is -2.33. The number of aryl methyl sites for hydroxylation is 2. The molecule has 1 fully saturated rings. The predicted octanol–water partition coefficient (Wildman–Crippen LogP) is 7.25. The summed E-state index contributed by atoms with van der Waals surface area (Å²) < 4.78 is 10.9. The second-order valence-electron chi connectivity index (χ2n) is 11.6. The molecule has 1 saturated carbocycles. The Morgan fingerprint density at radius 3 is 2.24 bits per heavy atom. The van der Waals surface area contributed by atoms with Gasteiger partial charge >= 0.3 is 11.9 Å². The molecule has 1 aliphatic rings. The van der Waals surface area contributed by atoms with Crippen molar-refractivity contribution in [3.8, 4) is 0 Å². The molecule has 212 valence electrons. The van der Waals surface area contributed by atoms with Gasteiger partial charge in [0, 0.05) is 11.0 Å². The van der Waals surface area contributed by atoms with Gasteiger partial charge in [-0.3, -0.25) is 0 Å². The number of aliphatic hydroxyl groups excluding tert-OH is 1. The summed E-state index contributed by atoms with van der Waals surface area (Å²) >= 11 is 0. The van der Waals surface area contributed by atoms with Gasteiger partial charge < -0.3 is 14.6 Å². The van der Waals surface area contributed by atoms with Crippen molar-refractivity contribution in [2.45, 2.75) is 104 Å². The van der Waals surface area contributed by atoms with Gasteiger partial charge in [-0.1, -0.05) is 65.0 Å². The van der Waals surface area contributed by atoms with Crippen LogP contribution in [-0.2, 0) is 31.9 Å². The quantitative estimate of drug-likeness (QED) is 0.139. The van der Waals surface area contributed by atoms with Gasteiger partial charge in [0.1, 0.15) is 13.2 Å². The molecule has 1 unspecified atom stereocenters. The number of esters is 2. The highest BCUT2D eigenvalue weighted by atomic mass is 16.5. The maximum Gasteiger partial charge on any atom is 0.335 e.